The van der Waals surface area contributed by atoms with Crippen molar-refractivity contribution in [3.63, 3.8) is 0 Å². The van der Waals surface area contributed by atoms with Crippen molar-refractivity contribution < 1.29 is 9.18 Å². The summed E-state index contributed by atoms with van der Waals surface area (Å²) in [7, 11) is 2.15. The van der Waals surface area contributed by atoms with Crippen LogP contribution in [-0.4, -0.2) is 43.0 Å². The third-order valence-corrected chi connectivity index (χ3v) is 6.26. The first-order valence-corrected chi connectivity index (χ1v) is 9.76. The van der Waals surface area contributed by atoms with Gasteiger partial charge in [-0.15, -0.1) is 0 Å². The van der Waals surface area contributed by atoms with Crippen molar-refractivity contribution in [2.45, 2.75) is 37.9 Å². The lowest BCUT2D eigenvalue weighted by Gasteiger charge is -2.34. The molecule has 0 saturated carbocycles. The number of hydrogen-bond donors (Lipinski definition) is 0. The van der Waals surface area contributed by atoms with Gasteiger partial charge in [0.15, 0.2) is 0 Å². The van der Waals surface area contributed by atoms with Crippen LogP contribution in [0.2, 0.25) is 0 Å². The van der Waals surface area contributed by atoms with E-state index in [-0.39, 0.29) is 23.8 Å². The zero-order valence-corrected chi connectivity index (χ0v) is 15.6. The number of aryl methyl sites for hydroxylation is 1. The standard InChI is InChI=1S/C22H24FN3O/c1-24-10-4-5-16-11-15(8-9-19(16)24)13-25-14-17-12-21(25)22(27)26(17)20-7-3-2-6-18(20)23/h2-3,6-9,11,17,21H,4-5,10,12-14H2,1H3/t17-,21-/m0/s1. The van der Waals surface area contributed by atoms with Crippen LogP contribution in [-0.2, 0) is 17.8 Å². The number of para-hydroxylation sites is 1. The van der Waals surface area contributed by atoms with Gasteiger partial charge < -0.3 is 9.80 Å². The minimum absolute atomic E-state index is 0.0362. The van der Waals surface area contributed by atoms with Crippen LogP contribution >= 0.6 is 0 Å². The number of hydrogen-bond acceptors (Lipinski definition) is 3. The summed E-state index contributed by atoms with van der Waals surface area (Å²) >= 11 is 0. The Hall–Kier alpha value is -2.40. The van der Waals surface area contributed by atoms with Crippen molar-refractivity contribution in [3.8, 4) is 0 Å². The molecule has 5 rings (SSSR count). The molecule has 2 aromatic rings. The molecular formula is C22H24FN3O. The van der Waals surface area contributed by atoms with E-state index in [0.717, 1.165) is 32.5 Å². The molecule has 1 amide bonds. The predicted molar refractivity (Wildman–Crippen MR) is 105 cm³/mol. The average molecular weight is 365 g/mol. The van der Waals surface area contributed by atoms with Gasteiger partial charge in [-0.25, -0.2) is 4.39 Å². The van der Waals surface area contributed by atoms with Crippen LogP contribution in [0, 0.1) is 5.82 Å². The molecule has 0 spiro atoms. The van der Waals surface area contributed by atoms with E-state index in [4.69, 9.17) is 0 Å². The van der Waals surface area contributed by atoms with Crippen molar-refractivity contribution in [3.05, 3.63) is 59.4 Å². The monoisotopic (exact) mass is 365 g/mol. The van der Waals surface area contributed by atoms with E-state index in [9.17, 15) is 9.18 Å². The Labute approximate surface area is 159 Å². The lowest BCUT2D eigenvalue weighted by atomic mass is 9.99. The number of nitrogens with zero attached hydrogens (tertiary/aromatic N) is 3. The molecule has 3 aliphatic rings. The van der Waals surface area contributed by atoms with Crippen molar-refractivity contribution in [2.75, 3.05) is 29.9 Å². The van der Waals surface area contributed by atoms with Gasteiger partial charge in [0.25, 0.3) is 0 Å². The molecule has 3 aliphatic heterocycles. The van der Waals surface area contributed by atoms with E-state index >= 15 is 0 Å². The van der Waals surface area contributed by atoms with Crippen LogP contribution < -0.4 is 9.80 Å². The van der Waals surface area contributed by atoms with Gasteiger partial charge in [0.1, 0.15) is 5.82 Å². The summed E-state index contributed by atoms with van der Waals surface area (Å²) in [5.74, 6) is -0.280. The summed E-state index contributed by atoms with van der Waals surface area (Å²) in [6, 6.07) is 13.2. The highest BCUT2D eigenvalue weighted by atomic mass is 19.1. The van der Waals surface area contributed by atoms with E-state index < -0.39 is 0 Å². The van der Waals surface area contributed by atoms with Crippen LogP contribution in [0.3, 0.4) is 0 Å². The van der Waals surface area contributed by atoms with Crippen molar-refractivity contribution >= 4 is 17.3 Å². The molecule has 0 radical (unpaired) electrons. The normalized spacial score (nSPS) is 24.6. The van der Waals surface area contributed by atoms with Crippen LogP contribution in [0.1, 0.15) is 24.0 Å². The molecule has 3 heterocycles. The molecule has 2 fully saturated rings. The number of anilines is 2. The summed E-state index contributed by atoms with van der Waals surface area (Å²) in [6.45, 7) is 2.71. The zero-order chi connectivity index (χ0) is 18.5. The third-order valence-electron chi connectivity index (χ3n) is 6.26. The molecule has 0 unspecified atom stereocenters. The molecule has 2 bridgehead atoms. The molecule has 0 aliphatic carbocycles. The highest BCUT2D eigenvalue weighted by molar-refractivity contribution is 6.01. The molecule has 4 nitrogen and oxygen atoms in total. The Morgan fingerprint density at radius 3 is 2.81 bits per heavy atom. The van der Waals surface area contributed by atoms with Gasteiger partial charge in [-0.3, -0.25) is 9.69 Å². The number of amides is 1. The van der Waals surface area contributed by atoms with Crippen LogP contribution in [0.5, 0.6) is 0 Å². The van der Waals surface area contributed by atoms with Gasteiger partial charge in [-0.05, 0) is 48.6 Å². The lowest BCUT2D eigenvalue weighted by Crippen LogP contribution is -2.50. The van der Waals surface area contributed by atoms with Gasteiger partial charge in [0.2, 0.25) is 5.91 Å². The number of rotatable bonds is 3. The molecule has 5 heteroatoms. The Kier molecular flexibility index (Phi) is 3.93. The van der Waals surface area contributed by atoms with E-state index in [0.29, 0.717) is 5.69 Å². The number of likely N-dealkylation sites (tertiary alicyclic amines) is 1. The smallest absolute Gasteiger partial charge is 0.244 e. The van der Waals surface area contributed by atoms with E-state index in [1.165, 1.54) is 29.3 Å². The fourth-order valence-corrected chi connectivity index (χ4v) is 4.97. The summed E-state index contributed by atoms with van der Waals surface area (Å²) in [5.41, 5.74) is 4.42. The molecular weight excluding hydrogens is 341 g/mol. The van der Waals surface area contributed by atoms with Crippen LogP contribution in [0.15, 0.2) is 42.5 Å². The highest BCUT2D eigenvalue weighted by Gasteiger charge is 2.50. The molecule has 140 valence electrons. The van der Waals surface area contributed by atoms with Crippen LogP contribution in [0.25, 0.3) is 0 Å². The number of fused-ring (bicyclic) bond motifs is 3. The fourth-order valence-electron chi connectivity index (χ4n) is 4.97. The quantitative estimate of drug-likeness (QED) is 0.836. The van der Waals surface area contributed by atoms with Gasteiger partial charge in [-0.2, -0.15) is 0 Å². The van der Waals surface area contributed by atoms with Crippen LogP contribution in [0.4, 0.5) is 15.8 Å². The maximum atomic E-state index is 14.2. The van der Waals surface area contributed by atoms with E-state index in [1.807, 2.05) is 0 Å². The SMILES string of the molecule is CN1CCCc2cc(CN3C[C@@H]4C[C@H]3C(=O)N4c3ccccc3F)ccc21. The number of benzene rings is 2. The first kappa shape index (κ1) is 16.8. The summed E-state index contributed by atoms with van der Waals surface area (Å²) < 4.78 is 14.2. The molecule has 0 aromatic heterocycles. The third kappa shape index (κ3) is 2.72. The fraction of sp³-hybridized carbons (Fsp3) is 0.409. The molecule has 0 N–H and O–H groups in total. The Morgan fingerprint density at radius 2 is 2.00 bits per heavy atom. The summed E-state index contributed by atoms with van der Waals surface area (Å²) in [6.07, 6.45) is 3.11. The van der Waals surface area contributed by atoms with Crippen molar-refractivity contribution in [1.29, 1.82) is 0 Å². The van der Waals surface area contributed by atoms with Crippen molar-refractivity contribution in [1.82, 2.24) is 4.90 Å². The highest BCUT2D eigenvalue weighted by Crippen LogP contribution is 2.38. The largest absolute Gasteiger partial charge is 0.374 e. The first-order valence-electron chi connectivity index (χ1n) is 9.76. The van der Waals surface area contributed by atoms with E-state index in [2.05, 4.69) is 35.0 Å². The topological polar surface area (TPSA) is 26.8 Å². The summed E-state index contributed by atoms with van der Waals surface area (Å²) in [4.78, 5) is 19.2. The molecule has 2 saturated heterocycles. The lowest BCUT2D eigenvalue weighted by molar-refractivity contribution is -0.122. The minimum Gasteiger partial charge on any atom is -0.374 e. The second-order valence-corrected chi connectivity index (χ2v) is 7.98. The Bertz CT molecular complexity index is 899. The van der Waals surface area contributed by atoms with Gasteiger partial charge in [0, 0.05) is 32.4 Å². The molecule has 27 heavy (non-hydrogen) atoms. The minimum atomic E-state index is -0.316. The number of halogens is 1. The maximum Gasteiger partial charge on any atom is 0.244 e. The summed E-state index contributed by atoms with van der Waals surface area (Å²) in [5, 5.41) is 0. The molecule has 2 atom stereocenters. The first-order chi connectivity index (χ1) is 13.1. The average Bonchev–Trinajstić information content (AvgIpc) is 3.20. The van der Waals surface area contributed by atoms with Gasteiger partial charge >= 0.3 is 0 Å². The maximum absolute atomic E-state index is 14.2. The Balaban J connectivity index is 1.34. The zero-order valence-electron chi connectivity index (χ0n) is 15.6. The second-order valence-electron chi connectivity index (χ2n) is 7.98. The van der Waals surface area contributed by atoms with E-state index in [1.54, 1.807) is 23.1 Å². The number of piperazine rings is 1. The Morgan fingerprint density at radius 1 is 1.15 bits per heavy atom. The van der Waals surface area contributed by atoms with Gasteiger partial charge in [-0.1, -0.05) is 24.3 Å². The second kappa shape index (κ2) is 6.34. The number of carbonyl (C=O) groups is 1. The van der Waals surface area contributed by atoms with Crippen molar-refractivity contribution in [2.24, 2.45) is 0 Å². The van der Waals surface area contributed by atoms with Gasteiger partial charge in [0.05, 0.1) is 17.8 Å². The number of carbonyl (C=O) groups excluding carboxylic acids is 1. The predicted octanol–water partition coefficient (Wildman–Crippen LogP) is 3.20. The molecule has 2 aromatic carbocycles.